The summed E-state index contributed by atoms with van der Waals surface area (Å²) < 4.78 is 28.1. The Bertz CT molecular complexity index is 228. The van der Waals surface area contributed by atoms with Gasteiger partial charge in [0.1, 0.15) is 0 Å². The Kier molecular flexibility index (Phi) is 10.9. The van der Waals surface area contributed by atoms with Gasteiger partial charge in [-0.05, 0) is 40.2 Å². The van der Waals surface area contributed by atoms with E-state index in [4.69, 9.17) is 22.4 Å². The Labute approximate surface area is 118 Å². The van der Waals surface area contributed by atoms with E-state index in [-0.39, 0.29) is 0 Å². The molecule has 0 N–H and O–H groups in total. The minimum atomic E-state index is -3.13. The van der Waals surface area contributed by atoms with Crippen LogP contribution in [0, 0.1) is 0 Å². The molecule has 0 aromatic heterocycles. The van der Waals surface area contributed by atoms with Crippen molar-refractivity contribution < 1.29 is 22.4 Å². The summed E-state index contributed by atoms with van der Waals surface area (Å²) in [5.41, 5.74) is 0. The first-order valence-corrected chi connectivity index (χ1v) is 8.71. The van der Waals surface area contributed by atoms with Gasteiger partial charge in [0.05, 0.1) is 6.61 Å². The summed E-state index contributed by atoms with van der Waals surface area (Å²) in [5, 5.41) is 0. The molecule has 0 aliphatic rings. The van der Waals surface area contributed by atoms with Crippen LogP contribution in [0.2, 0.25) is 0 Å². The maximum absolute atomic E-state index is 5.77. The predicted octanol–water partition coefficient (Wildman–Crippen LogP) is 3.23. The molecule has 0 aliphatic heterocycles. The Balaban J connectivity index is 4.64. The summed E-state index contributed by atoms with van der Waals surface area (Å²) in [6, 6.07) is 0. The summed E-state index contributed by atoms with van der Waals surface area (Å²) in [7, 11) is -3.13. The van der Waals surface area contributed by atoms with Crippen LogP contribution in [-0.2, 0) is 22.4 Å². The van der Waals surface area contributed by atoms with Crippen LogP contribution in [0.3, 0.4) is 0 Å². The second-order valence-corrected chi connectivity index (χ2v) is 5.78. The van der Waals surface area contributed by atoms with Crippen LogP contribution in [-0.4, -0.2) is 35.5 Å². The molecular formula is C13H28O5Si. The number of rotatable bonds is 12. The average Bonchev–Trinajstić information content (AvgIpc) is 2.39. The van der Waals surface area contributed by atoms with Gasteiger partial charge in [0.15, 0.2) is 0 Å². The molecule has 0 spiro atoms. The lowest BCUT2D eigenvalue weighted by Gasteiger charge is -2.27. The first kappa shape index (κ1) is 18.4. The average molecular weight is 292 g/mol. The van der Waals surface area contributed by atoms with Gasteiger partial charge in [-0.2, -0.15) is 0 Å². The van der Waals surface area contributed by atoms with E-state index in [1.165, 1.54) is 0 Å². The normalized spacial score (nSPS) is 12.6. The second-order valence-electron chi connectivity index (χ2n) is 3.71. The molecule has 0 aromatic carbocycles. The molecule has 0 aromatic rings. The molecule has 5 nitrogen and oxygen atoms in total. The van der Waals surface area contributed by atoms with Gasteiger partial charge in [-0.25, -0.2) is 0 Å². The van der Waals surface area contributed by atoms with Gasteiger partial charge >= 0.3 is 9.05 Å². The highest BCUT2D eigenvalue weighted by Crippen LogP contribution is 2.17. The van der Waals surface area contributed by atoms with Crippen molar-refractivity contribution in [1.29, 1.82) is 0 Å². The third kappa shape index (κ3) is 7.56. The first-order chi connectivity index (χ1) is 9.17. The zero-order valence-electron chi connectivity index (χ0n) is 12.9. The van der Waals surface area contributed by atoms with Gasteiger partial charge < -0.3 is 22.4 Å². The highest BCUT2D eigenvalue weighted by Gasteiger charge is 2.48. The Morgan fingerprint density at radius 3 is 1.84 bits per heavy atom. The quantitative estimate of drug-likeness (QED) is 0.314. The summed E-state index contributed by atoms with van der Waals surface area (Å²) >= 11 is 0. The lowest BCUT2D eigenvalue weighted by Crippen LogP contribution is -2.49. The number of unbranched alkanes of at least 4 members (excludes halogenated alkanes) is 1. The number of allylic oxidation sites excluding steroid dienone is 1. The summed E-state index contributed by atoms with van der Waals surface area (Å²) in [6.07, 6.45) is 3.81. The van der Waals surface area contributed by atoms with Crippen molar-refractivity contribution in [3.05, 3.63) is 12.0 Å². The molecule has 0 fully saturated rings. The monoisotopic (exact) mass is 292 g/mol. The molecule has 0 rings (SSSR count). The SMILES string of the molecule is CC=C(OCCCC)O[Si](OCC)(OCC)OCC. The zero-order chi connectivity index (χ0) is 14.6. The number of hydrogen-bond acceptors (Lipinski definition) is 5. The van der Waals surface area contributed by atoms with Gasteiger partial charge in [-0.15, -0.1) is 0 Å². The van der Waals surface area contributed by atoms with E-state index in [2.05, 4.69) is 6.92 Å². The first-order valence-electron chi connectivity index (χ1n) is 7.07. The minimum absolute atomic E-state index is 0.412. The zero-order valence-corrected chi connectivity index (χ0v) is 13.9. The highest BCUT2D eigenvalue weighted by atomic mass is 28.4. The Hall–Kier alpha value is -0.563. The fourth-order valence-corrected chi connectivity index (χ4v) is 3.27. The van der Waals surface area contributed by atoms with Crippen LogP contribution in [0.1, 0.15) is 47.5 Å². The lowest BCUT2D eigenvalue weighted by atomic mass is 10.4. The van der Waals surface area contributed by atoms with E-state index in [0.29, 0.717) is 32.4 Å². The van der Waals surface area contributed by atoms with E-state index < -0.39 is 9.05 Å². The molecule has 0 saturated heterocycles. The molecule has 19 heavy (non-hydrogen) atoms. The highest BCUT2D eigenvalue weighted by molar-refractivity contribution is 6.53. The predicted molar refractivity (Wildman–Crippen MR) is 76.3 cm³/mol. The molecule has 0 amide bonds. The number of hydrogen-bond donors (Lipinski definition) is 0. The molecule has 0 radical (unpaired) electrons. The molecule has 0 heterocycles. The van der Waals surface area contributed by atoms with Crippen LogP contribution < -0.4 is 0 Å². The molecule has 6 heteroatoms. The fourth-order valence-electron chi connectivity index (χ4n) is 1.36. The topological polar surface area (TPSA) is 46.2 Å². The molecule has 0 aliphatic carbocycles. The van der Waals surface area contributed by atoms with Gasteiger partial charge in [0, 0.05) is 19.8 Å². The Morgan fingerprint density at radius 1 is 0.947 bits per heavy atom. The van der Waals surface area contributed by atoms with Gasteiger partial charge in [-0.1, -0.05) is 13.3 Å². The van der Waals surface area contributed by atoms with Crippen LogP contribution in [0.5, 0.6) is 0 Å². The largest absolute Gasteiger partial charge is 0.751 e. The van der Waals surface area contributed by atoms with E-state index in [0.717, 1.165) is 12.8 Å². The van der Waals surface area contributed by atoms with Crippen molar-refractivity contribution in [3.8, 4) is 0 Å². The smallest absolute Gasteiger partial charge is 0.466 e. The standard InChI is InChI=1S/C13H28O5Si/c1-6-11-12-14-13(7-2)18-19(15-8-3,16-9-4)17-10-5/h7H,6,8-12H2,1-5H3. The van der Waals surface area contributed by atoms with Crippen molar-refractivity contribution in [1.82, 2.24) is 0 Å². The van der Waals surface area contributed by atoms with E-state index in [9.17, 15) is 0 Å². The van der Waals surface area contributed by atoms with Crippen molar-refractivity contribution >= 4 is 9.05 Å². The maximum atomic E-state index is 5.77. The van der Waals surface area contributed by atoms with Gasteiger partial charge in [0.25, 0.3) is 5.95 Å². The van der Waals surface area contributed by atoms with Crippen molar-refractivity contribution in [2.75, 3.05) is 26.4 Å². The Morgan fingerprint density at radius 2 is 1.47 bits per heavy atom. The molecule has 0 atom stereocenters. The van der Waals surface area contributed by atoms with E-state index in [1.807, 2.05) is 27.7 Å². The summed E-state index contributed by atoms with van der Waals surface area (Å²) in [5.74, 6) is 0.412. The fraction of sp³-hybridized carbons (Fsp3) is 0.846. The van der Waals surface area contributed by atoms with Crippen LogP contribution >= 0.6 is 0 Å². The number of ether oxygens (including phenoxy) is 1. The van der Waals surface area contributed by atoms with Crippen molar-refractivity contribution in [3.63, 3.8) is 0 Å². The van der Waals surface area contributed by atoms with Crippen LogP contribution in [0.4, 0.5) is 0 Å². The summed E-state index contributed by atoms with van der Waals surface area (Å²) in [6.45, 7) is 11.6. The molecule has 0 saturated carbocycles. The van der Waals surface area contributed by atoms with Crippen LogP contribution in [0.25, 0.3) is 0 Å². The minimum Gasteiger partial charge on any atom is -0.466 e. The molecule has 0 unspecified atom stereocenters. The van der Waals surface area contributed by atoms with Gasteiger partial charge in [0.2, 0.25) is 0 Å². The second kappa shape index (κ2) is 11.3. The van der Waals surface area contributed by atoms with Gasteiger partial charge in [-0.3, -0.25) is 0 Å². The molecule has 114 valence electrons. The van der Waals surface area contributed by atoms with Crippen molar-refractivity contribution in [2.24, 2.45) is 0 Å². The molecule has 0 bridgehead atoms. The van der Waals surface area contributed by atoms with Crippen molar-refractivity contribution in [2.45, 2.75) is 47.5 Å². The third-order valence-corrected chi connectivity index (χ3v) is 4.54. The molecular weight excluding hydrogens is 264 g/mol. The van der Waals surface area contributed by atoms with Crippen LogP contribution in [0.15, 0.2) is 12.0 Å². The third-order valence-electron chi connectivity index (χ3n) is 2.17. The van der Waals surface area contributed by atoms with E-state index >= 15 is 0 Å². The summed E-state index contributed by atoms with van der Waals surface area (Å²) in [4.78, 5) is 0. The van der Waals surface area contributed by atoms with E-state index in [1.54, 1.807) is 6.08 Å². The maximum Gasteiger partial charge on any atom is 0.751 e. The lowest BCUT2D eigenvalue weighted by molar-refractivity contribution is -0.0437.